The summed E-state index contributed by atoms with van der Waals surface area (Å²) in [6.07, 6.45) is 8.47. The van der Waals surface area contributed by atoms with Crippen molar-refractivity contribution in [2.45, 2.75) is 55.3 Å². The van der Waals surface area contributed by atoms with E-state index in [1.807, 2.05) is 18.2 Å². The minimum atomic E-state index is -3.99. The lowest BCUT2D eigenvalue weighted by Crippen LogP contribution is -2.49. The molecule has 2 bridgehead atoms. The van der Waals surface area contributed by atoms with Crippen molar-refractivity contribution in [2.24, 2.45) is 17.8 Å². The van der Waals surface area contributed by atoms with E-state index < -0.39 is 27.3 Å². The molecular weight excluding hydrogens is 576 g/mol. The largest absolute Gasteiger partial charge is 0.490 e. The number of hydrogen-bond donors (Lipinski definition) is 2. The lowest BCUT2D eigenvalue weighted by molar-refractivity contribution is 0.0455. The van der Waals surface area contributed by atoms with E-state index in [-0.39, 0.29) is 35.3 Å². The van der Waals surface area contributed by atoms with Crippen LogP contribution in [0.4, 0.5) is 5.69 Å². The second-order valence-electron chi connectivity index (χ2n) is 12.8. The molecule has 2 aliphatic carbocycles. The van der Waals surface area contributed by atoms with Crippen LogP contribution in [-0.2, 0) is 26.6 Å². The van der Waals surface area contributed by atoms with Crippen LogP contribution in [0.25, 0.3) is 0 Å². The number of amides is 1. The molecule has 7 rings (SSSR count). The molecule has 6 atom stereocenters. The summed E-state index contributed by atoms with van der Waals surface area (Å²) in [5, 5.41) is 11.0. The Morgan fingerprint density at radius 3 is 2.81 bits per heavy atom. The minimum absolute atomic E-state index is 0.0367. The maximum absolute atomic E-state index is 13.4. The number of ether oxygens (including phenoxy) is 2. The van der Waals surface area contributed by atoms with Gasteiger partial charge in [0.15, 0.2) is 0 Å². The van der Waals surface area contributed by atoms with E-state index in [1.165, 1.54) is 11.1 Å². The zero-order valence-electron chi connectivity index (χ0n) is 23.5. The third kappa shape index (κ3) is 5.02. The standard InChI is InChI=1S/C32H37ClN2O6S/c33-24-8-10-26-20(13-24)4-2-12-32(26)18-35-15-22-6-9-25(22)28(36)5-1-3-23-16-40-17-30(23)42(38,39)34-31(37)21-7-11-29(41-19-32)27(35)14-21/h1,5,7-8,10-11,13-14,22-23,25,28,30,36H,2-4,6,9,12,15-19H2,(H,34,37)/b5-1+/t22-,23-,25+,28+,30-,32-/m0/s1. The lowest BCUT2D eigenvalue weighted by Gasteiger charge is -2.45. The van der Waals surface area contributed by atoms with Gasteiger partial charge < -0.3 is 19.5 Å². The molecule has 0 aromatic heterocycles. The van der Waals surface area contributed by atoms with Crippen molar-refractivity contribution in [3.63, 3.8) is 0 Å². The normalized spacial score (nSPS) is 34.6. The van der Waals surface area contributed by atoms with Gasteiger partial charge in [-0.2, -0.15) is 0 Å². The van der Waals surface area contributed by atoms with Crippen LogP contribution >= 0.6 is 11.6 Å². The molecule has 1 spiro atoms. The molecule has 1 amide bonds. The number of halogens is 1. The number of carbonyl (C=O) groups is 1. The van der Waals surface area contributed by atoms with Crippen LogP contribution in [0.5, 0.6) is 5.75 Å². The highest BCUT2D eigenvalue weighted by atomic mass is 35.5. The summed E-state index contributed by atoms with van der Waals surface area (Å²) in [6.45, 7) is 2.23. The smallest absolute Gasteiger partial charge is 0.264 e. The minimum Gasteiger partial charge on any atom is -0.490 e. The summed E-state index contributed by atoms with van der Waals surface area (Å²) in [5.41, 5.74) is 3.29. The summed E-state index contributed by atoms with van der Waals surface area (Å²) in [4.78, 5) is 15.7. The average molecular weight is 613 g/mol. The molecule has 0 unspecified atom stereocenters. The van der Waals surface area contributed by atoms with E-state index in [2.05, 4.69) is 21.8 Å². The van der Waals surface area contributed by atoms with Gasteiger partial charge in [0, 0.05) is 35.0 Å². The molecular formula is C32H37ClN2O6S. The van der Waals surface area contributed by atoms with Crippen molar-refractivity contribution >= 4 is 33.2 Å². The fourth-order valence-corrected chi connectivity index (χ4v) is 9.44. The third-order valence-corrected chi connectivity index (χ3v) is 12.2. The quantitative estimate of drug-likeness (QED) is 0.429. The number of anilines is 1. The average Bonchev–Trinajstić information content (AvgIpc) is 3.37. The van der Waals surface area contributed by atoms with Crippen molar-refractivity contribution in [3.8, 4) is 5.75 Å². The lowest BCUT2D eigenvalue weighted by atomic mass is 9.68. The second-order valence-corrected chi connectivity index (χ2v) is 15.1. The van der Waals surface area contributed by atoms with Gasteiger partial charge in [-0.1, -0.05) is 29.8 Å². The summed E-state index contributed by atoms with van der Waals surface area (Å²) in [6, 6.07) is 11.3. The number of aliphatic hydroxyl groups excluding tert-OH is 1. The fraction of sp³-hybridized carbons (Fsp3) is 0.531. The number of aryl methyl sites for hydroxylation is 1. The third-order valence-electron chi connectivity index (χ3n) is 10.2. The Hall–Kier alpha value is -2.59. The molecule has 5 aliphatic rings. The molecule has 2 aromatic carbocycles. The molecule has 3 aliphatic heterocycles. The van der Waals surface area contributed by atoms with Gasteiger partial charge in [0.25, 0.3) is 5.91 Å². The van der Waals surface area contributed by atoms with Crippen molar-refractivity contribution < 1.29 is 27.8 Å². The number of nitrogens with one attached hydrogen (secondary N) is 1. The SMILES string of the molecule is O=C1NS(=O)(=O)[C@H]2COC[C@@H]2C/C=C/[C@@H](O)[C@@H]2CC[C@H]2CN2C[C@@]3(CCCc4cc(Cl)ccc43)COc3ccc1cc32. The molecule has 0 radical (unpaired) electrons. The Kier molecular flexibility index (Phi) is 7.28. The molecule has 2 fully saturated rings. The highest BCUT2D eigenvalue weighted by Crippen LogP contribution is 2.46. The van der Waals surface area contributed by atoms with Crippen LogP contribution in [0.15, 0.2) is 48.6 Å². The Balaban J connectivity index is 1.29. The summed E-state index contributed by atoms with van der Waals surface area (Å²) in [7, 11) is -3.99. The van der Waals surface area contributed by atoms with Crippen LogP contribution in [0.1, 0.15) is 53.6 Å². The molecule has 2 N–H and O–H groups in total. The van der Waals surface area contributed by atoms with Crippen molar-refractivity contribution in [1.29, 1.82) is 0 Å². The topological polar surface area (TPSA) is 105 Å². The first-order valence-corrected chi connectivity index (χ1v) is 16.9. The summed E-state index contributed by atoms with van der Waals surface area (Å²) in [5.74, 6) is 0.119. The Morgan fingerprint density at radius 2 is 1.98 bits per heavy atom. The first kappa shape index (κ1) is 28.2. The fourth-order valence-electron chi connectivity index (χ4n) is 7.75. The number of benzene rings is 2. The van der Waals surface area contributed by atoms with E-state index in [4.69, 9.17) is 21.1 Å². The molecule has 1 saturated carbocycles. The molecule has 224 valence electrons. The second kappa shape index (κ2) is 10.8. The number of allylic oxidation sites excluding steroid dienone is 1. The maximum atomic E-state index is 13.4. The van der Waals surface area contributed by atoms with E-state index in [0.717, 1.165) is 42.8 Å². The van der Waals surface area contributed by atoms with Crippen molar-refractivity contribution in [3.05, 3.63) is 70.3 Å². The number of sulfonamides is 1. The van der Waals surface area contributed by atoms with Gasteiger partial charge in [0.2, 0.25) is 10.0 Å². The Morgan fingerprint density at radius 1 is 1.10 bits per heavy atom. The van der Waals surface area contributed by atoms with Gasteiger partial charge in [-0.05, 0) is 91.8 Å². The Labute approximate surface area is 252 Å². The number of rotatable bonds is 0. The van der Waals surface area contributed by atoms with Gasteiger partial charge in [-0.15, -0.1) is 0 Å². The maximum Gasteiger partial charge on any atom is 0.264 e. The van der Waals surface area contributed by atoms with Gasteiger partial charge in [-0.25, -0.2) is 13.1 Å². The monoisotopic (exact) mass is 612 g/mol. The van der Waals surface area contributed by atoms with Crippen LogP contribution in [0.3, 0.4) is 0 Å². The molecule has 42 heavy (non-hydrogen) atoms. The van der Waals surface area contributed by atoms with E-state index in [0.29, 0.717) is 38.5 Å². The Bertz CT molecular complexity index is 1530. The van der Waals surface area contributed by atoms with Gasteiger partial charge in [0.05, 0.1) is 31.6 Å². The number of aliphatic hydroxyl groups is 1. The molecule has 3 heterocycles. The number of nitrogens with zero attached hydrogens (tertiary/aromatic N) is 1. The molecule has 8 nitrogen and oxygen atoms in total. The number of fused-ring (bicyclic) bond motifs is 5. The van der Waals surface area contributed by atoms with E-state index in [1.54, 1.807) is 18.2 Å². The van der Waals surface area contributed by atoms with Gasteiger partial charge in [0.1, 0.15) is 11.0 Å². The highest BCUT2D eigenvalue weighted by molar-refractivity contribution is 7.90. The van der Waals surface area contributed by atoms with Crippen LogP contribution in [0.2, 0.25) is 5.02 Å². The van der Waals surface area contributed by atoms with Crippen LogP contribution in [0, 0.1) is 17.8 Å². The zero-order chi connectivity index (χ0) is 29.1. The van der Waals surface area contributed by atoms with E-state index >= 15 is 0 Å². The first-order valence-electron chi connectivity index (χ1n) is 15.0. The number of hydrogen-bond acceptors (Lipinski definition) is 7. The first-order chi connectivity index (χ1) is 20.2. The zero-order valence-corrected chi connectivity index (χ0v) is 25.1. The van der Waals surface area contributed by atoms with Crippen molar-refractivity contribution in [2.75, 3.05) is 37.8 Å². The highest BCUT2D eigenvalue weighted by Gasteiger charge is 2.45. The number of carbonyl (C=O) groups excluding carboxylic acids is 1. The van der Waals surface area contributed by atoms with E-state index in [9.17, 15) is 18.3 Å². The van der Waals surface area contributed by atoms with Crippen molar-refractivity contribution in [1.82, 2.24) is 4.72 Å². The van der Waals surface area contributed by atoms with Crippen LogP contribution in [-0.4, -0.2) is 63.7 Å². The van der Waals surface area contributed by atoms with Crippen LogP contribution < -0.4 is 14.4 Å². The predicted molar refractivity (Wildman–Crippen MR) is 161 cm³/mol. The summed E-state index contributed by atoms with van der Waals surface area (Å²) < 4.78 is 41.0. The van der Waals surface area contributed by atoms with Gasteiger partial charge >= 0.3 is 0 Å². The summed E-state index contributed by atoms with van der Waals surface area (Å²) >= 11 is 6.38. The molecule has 1 saturated heterocycles. The predicted octanol–water partition coefficient (Wildman–Crippen LogP) is 4.23. The molecule has 2 aromatic rings. The molecule has 10 heteroatoms. The van der Waals surface area contributed by atoms with Gasteiger partial charge in [-0.3, -0.25) is 4.79 Å².